The molecule has 2 aromatic carbocycles. The molecule has 24 heavy (non-hydrogen) atoms. The van der Waals surface area contributed by atoms with E-state index in [4.69, 9.17) is 15.2 Å². The van der Waals surface area contributed by atoms with Crippen LogP contribution in [0.3, 0.4) is 0 Å². The Morgan fingerprint density at radius 2 is 1.92 bits per heavy atom. The molecule has 1 atom stereocenters. The Morgan fingerprint density at radius 3 is 2.54 bits per heavy atom. The third-order valence-corrected chi connectivity index (χ3v) is 4.32. The molecule has 1 amide bonds. The Balaban J connectivity index is 1.98. The van der Waals surface area contributed by atoms with Gasteiger partial charge in [-0.1, -0.05) is 62.9 Å². The van der Waals surface area contributed by atoms with Gasteiger partial charge in [-0.2, -0.15) is 0 Å². The average Bonchev–Trinajstić information content (AvgIpc) is 2.57. The highest BCUT2D eigenvalue weighted by atomic mass is 16.6. The molecule has 0 aromatic heterocycles. The van der Waals surface area contributed by atoms with Crippen LogP contribution >= 0.6 is 0 Å². The minimum absolute atomic E-state index is 0.338. The molecule has 0 radical (unpaired) electrons. The zero-order valence-corrected chi connectivity index (χ0v) is 13.9. The second kappa shape index (κ2) is 6.04. The van der Waals surface area contributed by atoms with Crippen molar-refractivity contribution in [1.82, 2.24) is 0 Å². The molecule has 2 N–H and O–H groups in total. The summed E-state index contributed by atoms with van der Waals surface area (Å²) in [6.07, 6.45) is 0.620. The monoisotopic (exact) mass is 323 g/mol. The third-order valence-electron chi connectivity index (χ3n) is 4.32. The van der Waals surface area contributed by atoms with Gasteiger partial charge >= 0.3 is 6.09 Å². The van der Waals surface area contributed by atoms with Gasteiger partial charge in [0.1, 0.15) is 11.9 Å². The van der Waals surface area contributed by atoms with Crippen LogP contribution < -0.4 is 10.5 Å². The molecule has 0 bridgehead atoms. The molecule has 1 aliphatic heterocycles. The first kappa shape index (κ1) is 16.1. The van der Waals surface area contributed by atoms with Gasteiger partial charge in [-0.3, -0.25) is 0 Å². The number of nitrogens with two attached hydrogens (primary N) is 1. The number of rotatable bonds is 3. The molecule has 3 rings (SSSR count). The van der Waals surface area contributed by atoms with Gasteiger partial charge in [-0.15, -0.1) is 0 Å². The molecule has 1 unspecified atom stereocenters. The van der Waals surface area contributed by atoms with Crippen LogP contribution in [-0.4, -0.2) is 12.7 Å². The Morgan fingerprint density at radius 1 is 1.25 bits per heavy atom. The van der Waals surface area contributed by atoms with Crippen LogP contribution in [0.4, 0.5) is 4.79 Å². The van der Waals surface area contributed by atoms with Crippen molar-refractivity contribution in [3.63, 3.8) is 0 Å². The summed E-state index contributed by atoms with van der Waals surface area (Å²) in [5.74, 6) is 0.728. The van der Waals surface area contributed by atoms with Crippen LogP contribution in [0.25, 0.3) is 17.2 Å². The van der Waals surface area contributed by atoms with E-state index in [2.05, 4.69) is 6.58 Å². The summed E-state index contributed by atoms with van der Waals surface area (Å²) in [6.45, 7) is 8.20. The number of amides is 1. The van der Waals surface area contributed by atoms with Crippen molar-refractivity contribution < 1.29 is 14.3 Å². The summed E-state index contributed by atoms with van der Waals surface area (Å²) in [4.78, 5) is 11.3. The fourth-order valence-electron chi connectivity index (χ4n) is 2.97. The number of primary amides is 1. The third kappa shape index (κ3) is 3.00. The number of carbonyl (C=O) groups excluding carboxylic acids is 1. The van der Waals surface area contributed by atoms with Crippen molar-refractivity contribution in [2.75, 3.05) is 6.61 Å². The van der Waals surface area contributed by atoms with Gasteiger partial charge < -0.3 is 15.2 Å². The van der Waals surface area contributed by atoms with Crippen molar-refractivity contribution in [3.05, 3.63) is 60.2 Å². The van der Waals surface area contributed by atoms with Crippen LogP contribution in [0, 0.1) is 5.41 Å². The van der Waals surface area contributed by atoms with Gasteiger partial charge in [-0.25, -0.2) is 4.79 Å². The Bertz CT molecular complexity index is 778. The van der Waals surface area contributed by atoms with E-state index in [1.54, 1.807) is 0 Å². The standard InChI is InChI=1S/C20H21NO3/c1-4-13-5-7-14(8-6-13)15-9-10-16-17(11-15)23-12-20(2,3)18(16)24-19(21)22/h4-11,18H,1,12H2,2-3H3,(H2,21,22). The normalized spacial score (nSPS) is 18.2. The number of ether oxygens (including phenoxy) is 2. The van der Waals surface area contributed by atoms with Crippen LogP contribution in [0.5, 0.6) is 5.75 Å². The molecule has 124 valence electrons. The van der Waals surface area contributed by atoms with Crippen molar-refractivity contribution in [1.29, 1.82) is 0 Å². The van der Waals surface area contributed by atoms with Gasteiger partial charge in [0.15, 0.2) is 0 Å². The first-order chi connectivity index (χ1) is 11.4. The number of carbonyl (C=O) groups is 1. The van der Waals surface area contributed by atoms with Gasteiger partial charge in [0.2, 0.25) is 0 Å². The summed E-state index contributed by atoms with van der Waals surface area (Å²) in [5.41, 5.74) is 8.95. The van der Waals surface area contributed by atoms with E-state index in [1.807, 2.05) is 62.4 Å². The van der Waals surface area contributed by atoms with Crippen LogP contribution in [-0.2, 0) is 4.74 Å². The smallest absolute Gasteiger partial charge is 0.405 e. The molecule has 0 spiro atoms. The number of hydrogen-bond donors (Lipinski definition) is 1. The molecule has 0 saturated heterocycles. The van der Waals surface area contributed by atoms with Gasteiger partial charge in [0.25, 0.3) is 0 Å². The summed E-state index contributed by atoms with van der Waals surface area (Å²) in [6, 6.07) is 14.1. The molecule has 0 aliphatic carbocycles. The Labute approximate surface area is 141 Å². The highest BCUT2D eigenvalue weighted by molar-refractivity contribution is 5.69. The Hall–Kier alpha value is -2.75. The Kier molecular flexibility index (Phi) is 4.06. The lowest BCUT2D eigenvalue weighted by atomic mass is 9.80. The van der Waals surface area contributed by atoms with Crippen molar-refractivity contribution >= 4 is 12.2 Å². The first-order valence-corrected chi connectivity index (χ1v) is 7.86. The topological polar surface area (TPSA) is 61.6 Å². The molecule has 4 heteroatoms. The highest BCUT2D eigenvalue weighted by Crippen LogP contribution is 2.46. The van der Waals surface area contributed by atoms with Gasteiger partial charge in [-0.05, 0) is 22.8 Å². The van der Waals surface area contributed by atoms with Crippen LogP contribution in [0.2, 0.25) is 0 Å². The quantitative estimate of drug-likeness (QED) is 0.901. The van der Waals surface area contributed by atoms with E-state index < -0.39 is 12.2 Å². The summed E-state index contributed by atoms with van der Waals surface area (Å²) >= 11 is 0. The maximum absolute atomic E-state index is 11.3. The highest BCUT2D eigenvalue weighted by Gasteiger charge is 2.40. The summed E-state index contributed by atoms with van der Waals surface area (Å²) in [5, 5.41) is 0. The predicted molar refractivity (Wildman–Crippen MR) is 94.7 cm³/mol. The first-order valence-electron chi connectivity index (χ1n) is 7.86. The van der Waals surface area contributed by atoms with Crippen LogP contribution in [0.1, 0.15) is 31.1 Å². The van der Waals surface area contributed by atoms with Crippen molar-refractivity contribution in [2.45, 2.75) is 20.0 Å². The van der Waals surface area contributed by atoms with Gasteiger partial charge in [0.05, 0.1) is 6.61 Å². The largest absolute Gasteiger partial charge is 0.492 e. The lowest BCUT2D eigenvalue weighted by molar-refractivity contribution is -0.0176. The van der Waals surface area contributed by atoms with Gasteiger partial charge in [0, 0.05) is 11.0 Å². The molecule has 0 fully saturated rings. The molecular formula is C20H21NO3. The second-order valence-electron chi connectivity index (χ2n) is 6.67. The lowest BCUT2D eigenvalue weighted by Crippen LogP contribution is -2.37. The molecule has 1 aliphatic rings. The van der Waals surface area contributed by atoms with Crippen LogP contribution in [0.15, 0.2) is 49.0 Å². The lowest BCUT2D eigenvalue weighted by Gasteiger charge is -2.38. The van der Waals surface area contributed by atoms with E-state index in [9.17, 15) is 4.79 Å². The molecule has 1 heterocycles. The summed E-state index contributed by atoms with van der Waals surface area (Å²) in [7, 11) is 0. The molecule has 2 aromatic rings. The van der Waals surface area contributed by atoms with E-state index in [-0.39, 0.29) is 5.41 Å². The average molecular weight is 323 g/mol. The van der Waals surface area contributed by atoms with E-state index >= 15 is 0 Å². The zero-order valence-electron chi connectivity index (χ0n) is 13.9. The number of fused-ring (bicyclic) bond motifs is 1. The minimum atomic E-state index is -0.773. The van der Waals surface area contributed by atoms with E-state index in [0.29, 0.717) is 6.61 Å². The second-order valence-corrected chi connectivity index (χ2v) is 6.67. The zero-order chi connectivity index (χ0) is 17.3. The molecule has 0 saturated carbocycles. The fourth-order valence-corrected chi connectivity index (χ4v) is 2.97. The SMILES string of the molecule is C=Cc1ccc(-c2ccc3c(c2)OCC(C)(C)C3OC(N)=O)cc1. The molecular weight excluding hydrogens is 302 g/mol. The van der Waals surface area contributed by atoms with Crippen molar-refractivity contribution in [2.24, 2.45) is 11.1 Å². The molecule has 4 nitrogen and oxygen atoms in total. The van der Waals surface area contributed by atoms with E-state index in [0.717, 1.165) is 28.0 Å². The number of benzene rings is 2. The van der Waals surface area contributed by atoms with Crippen molar-refractivity contribution in [3.8, 4) is 16.9 Å². The fraction of sp³-hybridized carbons (Fsp3) is 0.250. The maximum Gasteiger partial charge on any atom is 0.405 e. The maximum atomic E-state index is 11.3. The van der Waals surface area contributed by atoms with E-state index in [1.165, 1.54) is 0 Å². The summed E-state index contributed by atoms with van der Waals surface area (Å²) < 4.78 is 11.3. The predicted octanol–water partition coefficient (Wildman–Crippen LogP) is 4.55. The minimum Gasteiger partial charge on any atom is -0.492 e. The number of hydrogen-bond acceptors (Lipinski definition) is 3.